The van der Waals surface area contributed by atoms with Crippen LogP contribution in [-0.2, 0) is 0 Å². The quantitative estimate of drug-likeness (QED) is 0.508. The van der Waals surface area contributed by atoms with E-state index in [1.807, 2.05) is 11.4 Å². The van der Waals surface area contributed by atoms with E-state index in [0.29, 0.717) is 5.95 Å². The molecule has 6 heteroatoms. The molecule has 0 bridgehead atoms. The number of nitrogens with two attached hydrogens (primary N) is 1. The van der Waals surface area contributed by atoms with Crippen molar-refractivity contribution in [1.29, 1.82) is 0 Å². The normalized spacial score (nSPS) is 10.8. The molecule has 0 spiro atoms. The predicted octanol–water partition coefficient (Wildman–Crippen LogP) is 3.34. The number of thiophene rings is 1. The van der Waals surface area contributed by atoms with E-state index in [1.54, 1.807) is 11.3 Å². The van der Waals surface area contributed by atoms with Gasteiger partial charge >= 0.3 is 0 Å². The number of anilines is 3. The van der Waals surface area contributed by atoms with Gasteiger partial charge in [0, 0.05) is 5.69 Å². The van der Waals surface area contributed by atoms with Crippen molar-refractivity contribution in [2.24, 2.45) is 5.84 Å². The fraction of sp³-hybridized carbons (Fsp3) is 0.143. The molecule has 2 aromatic heterocycles. The highest BCUT2D eigenvalue weighted by atomic mass is 32.1. The Kier molecular flexibility index (Phi) is 3.25. The lowest BCUT2D eigenvalue weighted by molar-refractivity contribution is 1.16. The second kappa shape index (κ2) is 5.07. The maximum absolute atomic E-state index is 5.43. The van der Waals surface area contributed by atoms with Crippen LogP contribution in [0.25, 0.3) is 10.2 Å². The highest BCUT2D eigenvalue weighted by molar-refractivity contribution is 7.16. The third-order valence-electron chi connectivity index (χ3n) is 3.10. The Hall–Kier alpha value is -2.18. The summed E-state index contributed by atoms with van der Waals surface area (Å²) in [6.07, 6.45) is 0. The number of benzene rings is 1. The molecule has 0 aliphatic heterocycles. The molecule has 5 nitrogen and oxygen atoms in total. The van der Waals surface area contributed by atoms with E-state index in [9.17, 15) is 0 Å². The van der Waals surface area contributed by atoms with Crippen LogP contribution in [0.3, 0.4) is 0 Å². The molecular weight excluding hydrogens is 270 g/mol. The number of nitrogens with zero attached hydrogens (tertiary/aromatic N) is 2. The fourth-order valence-corrected chi connectivity index (χ4v) is 2.78. The number of hydrogen-bond donors (Lipinski definition) is 3. The number of hydrazine groups is 1. The molecule has 0 atom stereocenters. The molecule has 4 N–H and O–H groups in total. The van der Waals surface area contributed by atoms with Gasteiger partial charge in [0.1, 0.15) is 10.6 Å². The highest BCUT2D eigenvalue weighted by Gasteiger charge is 2.09. The largest absolute Gasteiger partial charge is 0.339 e. The van der Waals surface area contributed by atoms with Crippen LogP contribution < -0.4 is 16.6 Å². The Labute approximate surface area is 120 Å². The van der Waals surface area contributed by atoms with E-state index in [-0.39, 0.29) is 0 Å². The van der Waals surface area contributed by atoms with Crippen LogP contribution >= 0.6 is 11.3 Å². The summed E-state index contributed by atoms with van der Waals surface area (Å²) < 4.78 is 0. The van der Waals surface area contributed by atoms with Crippen molar-refractivity contribution in [3.05, 3.63) is 40.8 Å². The van der Waals surface area contributed by atoms with Gasteiger partial charge in [0.15, 0.2) is 0 Å². The van der Waals surface area contributed by atoms with Crippen LogP contribution in [0.15, 0.2) is 29.6 Å². The van der Waals surface area contributed by atoms with Crippen LogP contribution in [0.2, 0.25) is 0 Å². The summed E-state index contributed by atoms with van der Waals surface area (Å²) in [7, 11) is 0. The van der Waals surface area contributed by atoms with Crippen molar-refractivity contribution in [1.82, 2.24) is 9.97 Å². The lowest BCUT2D eigenvalue weighted by atomic mass is 10.1. The van der Waals surface area contributed by atoms with E-state index in [2.05, 4.69) is 52.8 Å². The summed E-state index contributed by atoms with van der Waals surface area (Å²) in [5, 5.41) is 6.37. The first-order chi connectivity index (χ1) is 9.67. The van der Waals surface area contributed by atoms with Gasteiger partial charge in [-0.25, -0.2) is 10.8 Å². The Morgan fingerprint density at radius 3 is 2.80 bits per heavy atom. The standard InChI is InChI=1S/C14H15N5S/c1-8-3-4-9(2)11(7-8)16-12-10-5-6-20-13(10)18-14(17-12)19-15/h3-7H,15H2,1-2H3,(H2,16,17,18,19). The molecule has 20 heavy (non-hydrogen) atoms. The minimum absolute atomic E-state index is 0.410. The van der Waals surface area contributed by atoms with Gasteiger partial charge in [-0.05, 0) is 42.5 Å². The van der Waals surface area contributed by atoms with E-state index < -0.39 is 0 Å². The lowest BCUT2D eigenvalue weighted by Crippen LogP contribution is -2.11. The maximum Gasteiger partial charge on any atom is 0.240 e. The fourth-order valence-electron chi connectivity index (χ4n) is 2.01. The number of rotatable bonds is 3. The average molecular weight is 285 g/mol. The first-order valence-electron chi connectivity index (χ1n) is 6.23. The topological polar surface area (TPSA) is 75.9 Å². The number of aryl methyl sites for hydroxylation is 2. The van der Waals surface area contributed by atoms with Crippen LogP contribution in [0.1, 0.15) is 11.1 Å². The number of aromatic nitrogens is 2. The molecule has 0 fully saturated rings. The Morgan fingerprint density at radius 1 is 1.15 bits per heavy atom. The van der Waals surface area contributed by atoms with Crippen molar-refractivity contribution >= 4 is 39.0 Å². The summed E-state index contributed by atoms with van der Waals surface area (Å²) in [6.45, 7) is 4.13. The Balaban J connectivity index is 2.09. The zero-order chi connectivity index (χ0) is 14.1. The predicted molar refractivity (Wildman–Crippen MR) is 84.4 cm³/mol. The van der Waals surface area contributed by atoms with Gasteiger partial charge in [0.25, 0.3) is 0 Å². The lowest BCUT2D eigenvalue weighted by Gasteiger charge is -2.11. The summed E-state index contributed by atoms with van der Waals surface area (Å²) in [4.78, 5) is 9.64. The van der Waals surface area contributed by atoms with Gasteiger partial charge in [-0.3, -0.25) is 5.43 Å². The summed E-state index contributed by atoms with van der Waals surface area (Å²) in [5.74, 6) is 6.60. The van der Waals surface area contributed by atoms with Gasteiger partial charge in [0.2, 0.25) is 5.95 Å². The number of nitrogen functional groups attached to an aromatic ring is 1. The third-order valence-corrected chi connectivity index (χ3v) is 3.91. The molecule has 0 aliphatic carbocycles. The van der Waals surface area contributed by atoms with Crippen molar-refractivity contribution in [2.45, 2.75) is 13.8 Å². The van der Waals surface area contributed by atoms with Gasteiger partial charge in [-0.2, -0.15) is 4.98 Å². The minimum atomic E-state index is 0.410. The molecule has 0 amide bonds. The molecule has 3 aromatic rings. The number of hydrogen-bond acceptors (Lipinski definition) is 6. The second-order valence-corrected chi connectivity index (χ2v) is 5.52. The number of nitrogens with one attached hydrogen (secondary N) is 2. The van der Waals surface area contributed by atoms with Crippen LogP contribution in [-0.4, -0.2) is 9.97 Å². The van der Waals surface area contributed by atoms with Gasteiger partial charge in [0.05, 0.1) is 5.39 Å². The van der Waals surface area contributed by atoms with Crippen LogP contribution in [0.5, 0.6) is 0 Å². The number of fused-ring (bicyclic) bond motifs is 1. The van der Waals surface area contributed by atoms with E-state index >= 15 is 0 Å². The van der Waals surface area contributed by atoms with Crippen molar-refractivity contribution in [3.8, 4) is 0 Å². The zero-order valence-electron chi connectivity index (χ0n) is 11.3. The van der Waals surface area contributed by atoms with Crippen molar-refractivity contribution in [3.63, 3.8) is 0 Å². The highest BCUT2D eigenvalue weighted by Crippen LogP contribution is 2.29. The first-order valence-corrected chi connectivity index (χ1v) is 7.11. The van der Waals surface area contributed by atoms with Gasteiger partial charge < -0.3 is 5.32 Å². The molecule has 0 saturated carbocycles. The molecule has 0 saturated heterocycles. The molecule has 3 rings (SSSR count). The smallest absolute Gasteiger partial charge is 0.240 e. The van der Waals surface area contributed by atoms with Crippen molar-refractivity contribution < 1.29 is 0 Å². The molecule has 0 unspecified atom stereocenters. The van der Waals surface area contributed by atoms with Gasteiger partial charge in [-0.1, -0.05) is 12.1 Å². The SMILES string of the molecule is Cc1ccc(C)c(Nc2nc(NN)nc3sccc23)c1. The second-order valence-electron chi connectivity index (χ2n) is 4.62. The maximum atomic E-state index is 5.43. The molecule has 1 aromatic carbocycles. The van der Waals surface area contributed by atoms with Crippen molar-refractivity contribution in [2.75, 3.05) is 10.7 Å². The molecule has 102 valence electrons. The Morgan fingerprint density at radius 2 is 2.00 bits per heavy atom. The molecular formula is C14H15N5S. The molecule has 2 heterocycles. The van der Waals surface area contributed by atoms with Crippen LogP contribution in [0, 0.1) is 13.8 Å². The average Bonchev–Trinajstić information content (AvgIpc) is 2.91. The molecule has 0 radical (unpaired) electrons. The van der Waals surface area contributed by atoms with Crippen LogP contribution in [0.4, 0.5) is 17.5 Å². The van der Waals surface area contributed by atoms with Gasteiger partial charge in [-0.15, -0.1) is 11.3 Å². The minimum Gasteiger partial charge on any atom is -0.339 e. The Bertz CT molecular complexity index is 765. The summed E-state index contributed by atoms with van der Waals surface area (Å²) in [6, 6.07) is 8.29. The summed E-state index contributed by atoms with van der Waals surface area (Å²) >= 11 is 1.56. The monoisotopic (exact) mass is 285 g/mol. The summed E-state index contributed by atoms with van der Waals surface area (Å²) in [5.41, 5.74) is 5.91. The van der Waals surface area contributed by atoms with E-state index in [1.165, 1.54) is 11.1 Å². The third kappa shape index (κ3) is 2.31. The molecule has 0 aliphatic rings. The zero-order valence-corrected chi connectivity index (χ0v) is 12.1. The van der Waals surface area contributed by atoms with E-state index in [0.717, 1.165) is 21.7 Å². The first kappa shape index (κ1) is 12.8. The van der Waals surface area contributed by atoms with E-state index in [4.69, 9.17) is 5.84 Å².